The Morgan fingerprint density at radius 1 is 1.00 bits per heavy atom. The molecular weight excluding hydrogens is 432 g/mol. The molecule has 34 heavy (non-hydrogen) atoms. The highest BCUT2D eigenvalue weighted by atomic mass is 16.6. The summed E-state index contributed by atoms with van der Waals surface area (Å²) in [4.78, 5) is 24.8. The average molecular weight is 461 g/mol. The zero-order valence-electron chi connectivity index (χ0n) is 19.5. The summed E-state index contributed by atoms with van der Waals surface area (Å²) in [5.74, 6) is 0.540. The maximum atomic E-state index is 12.6. The summed E-state index contributed by atoms with van der Waals surface area (Å²) in [6.07, 6.45) is 3.52. The largest absolute Gasteiger partial charge is 0.494 e. The molecule has 3 aromatic carbocycles. The number of carbonyl (C=O) groups is 2. The number of unbranched alkanes of at least 4 members (excludes halogenated alkanes) is 1. The number of methoxy groups -OCH3 is 1. The highest BCUT2D eigenvalue weighted by Crippen LogP contribution is 2.28. The van der Waals surface area contributed by atoms with Crippen LogP contribution < -0.4 is 19.6 Å². The molecule has 1 amide bonds. The van der Waals surface area contributed by atoms with Crippen molar-refractivity contribution in [3.05, 3.63) is 89.0 Å². The molecule has 0 aromatic heterocycles. The van der Waals surface area contributed by atoms with Gasteiger partial charge in [-0.25, -0.2) is 10.2 Å². The summed E-state index contributed by atoms with van der Waals surface area (Å²) in [6, 6.07) is 19.1. The quantitative estimate of drug-likeness (QED) is 0.148. The Hall–Kier alpha value is -4.13. The van der Waals surface area contributed by atoms with Gasteiger partial charge in [0.25, 0.3) is 5.91 Å². The van der Waals surface area contributed by atoms with Crippen molar-refractivity contribution in [1.29, 1.82) is 0 Å². The van der Waals surface area contributed by atoms with Gasteiger partial charge in [-0.2, -0.15) is 5.10 Å². The van der Waals surface area contributed by atoms with Crippen LogP contribution in [-0.4, -0.2) is 31.8 Å². The molecule has 0 saturated carbocycles. The Morgan fingerprint density at radius 3 is 2.47 bits per heavy atom. The number of carbonyl (C=O) groups excluding carboxylic acids is 2. The normalized spacial score (nSPS) is 10.7. The van der Waals surface area contributed by atoms with Crippen molar-refractivity contribution >= 4 is 18.1 Å². The second kappa shape index (κ2) is 12.2. The zero-order valence-corrected chi connectivity index (χ0v) is 19.5. The van der Waals surface area contributed by atoms with Crippen LogP contribution in [0.5, 0.6) is 17.2 Å². The third kappa shape index (κ3) is 6.68. The molecule has 3 rings (SSSR count). The number of nitrogens with zero attached hydrogens (tertiary/aromatic N) is 1. The number of hydrazone groups is 1. The van der Waals surface area contributed by atoms with E-state index in [1.54, 1.807) is 54.6 Å². The molecule has 176 valence electrons. The topological polar surface area (TPSA) is 86.2 Å². The van der Waals surface area contributed by atoms with Crippen LogP contribution >= 0.6 is 0 Å². The third-order valence-corrected chi connectivity index (χ3v) is 5.02. The van der Waals surface area contributed by atoms with Gasteiger partial charge in [-0.1, -0.05) is 31.5 Å². The highest BCUT2D eigenvalue weighted by Gasteiger charge is 2.13. The van der Waals surface area contributed by atoms with Crippen LogP contribution in [-0.2, 0) is 0 Å². The lowest BCUT2D eigenvalue weighted by molar-refractivity contribution is 0.0729. The van der Waals surface area contributed by atoms with E-state index in [0.717, 1.165) is 18.4 Å². The Labute approximate surface area is 199 Å². The molecular formula is C27H28N2O5. The summed E-state index contributed by atoms with van der Waals surface area (Å²) in [5, 5.41) is 4.01. The van der Waals surface area contributed by atoms with Crippen molar-refractivity contribution in [3.63, 3.8) is 0 Å². The molecule has 0 atom stereocenters. The van der Waals surface area contributed by atoms with Crippen LogP contribution in [0.25, 0.3) is 0 Å². The van der Waals surface area contributed by atoms with Gasteiger partial charge in [-0.3, -0.25) is 4.79 Å². The second-order valence-electron chi connectivity index (χ2n) is 7.54. The van der Waals surface area contributed by atoms with Crippen LogP contribution in [0.4, 0.5) is 0 Å². The van der Waals surface area contributed by atoms with Crippen LogP contribution in [0.15, 0.2) is 71.8 Å². The Kier molecular flexibility index (Phi) is 8.80. The lowest BCUT2D eigenvalue weighted by atomic mass is 10.1. The van der Waals surface area contributed by atoms with Gasteiger partial charge in [0.05, 0.1) is 25.5 Å². The molecule has 0 heterocycles. The van der Waals surface area contributed by atoms with E-state index in [-0.39, 0.29) is 11.7 Å². The van der Waals surface area contributed by atoms with Gasteiger partial charge in [0.2, 0.25) is 0 Å². The first-order valence-electron chi connectivity index (χ1n) is 11.0. The molecule has 0 saturated heterocycles. The first-order chi connectivity index (χ1) is 16.5. The van der Waals surface area contributed by atoms with Gasteiger partial charge in [0, 0.05) is 5.56 Å². The maximum Gasteiger partial charge on any atom is 0.343 e. The maximum absolute atomic E-state index is 12.6. The minimum Gasteiger partial charge on any atom is -0.494 e. The molecule has 7 heteroatoms. The zero-order chi connectivity index (χ0) is 24.3. The molecule has 0 radical (unpaired) electrons. The number of ether oxygens (including phenoxy) is 3. The van der Waals surface area contributed by atoms with E-state index >= 15 is 0 Å². The predicted molar refractivity (Wildman–Crippen MR) is 131 cm³/mol. The fraction of sp³-hybridized carbons (Fsp3) is 0.222. The first-order valence-corrected chi connectivity index (χ1v) is 11.0. The van der Waals surface area contributed by atoms with Gasteiger partial charge >= 0.3 is 5.97 Å². The molecule has 0 bridgehead atoms. The van der Waals surface area contributed by atoms with Crippen molar-refractivity contribution < 1.29 is 23.8 Å². The van der Waals surface area contributed by atoms with E-state index in [1.165, 1.54) is 13.3 Å². The van der Waals surface area contributed by atoms with Crippen LogP contribution in [0.1, 0.15) is 51.6 Å². The summed E-state index contributed by atoms with van der Waals surface area (Å²) in [7, 11) is 1.48. The van der Waals surface area contributed by atoms with Crippen molar-refractivity contribution in [2.24, 2.45) is 5.10 Å². The van der Waals surface area contributed by atoms with Gasteiger partial charge in [-0.15, -0.1) is 0 Å². The minimum atomic E-state index is -0.509. The molecule has 7 nitrogen and oxygen atoms in total. The van der Waals surface area contributed by atoms with Crippen molar-refractivity contribution in [2.75, 3.05) is 13.7 Å². The number of benzene rings is 3. The summed E-state index contributed by atoms with van der Waals surface area (Å²) < 4.78 is 16.5. The van der Waals surface area contributed by atoms with Crippen LogP contribution in [0.2, 0.25) is 0 Å². The number of nitrogens with one attached hydrogen (secondary N) is 1. The molecule has 0 aliphatic heterocycles. The number of hydrogen-bond acceptors (Lipinski definition) is 6. The lowest BCUT2D eigenvalue weighted by Gasteiger charge is -2.10. The molecule has 1 N–H and O–H groups in total. The molecule has 0 aliphatic carbocycles. The fourth-order valence-electron chi connectivity index (χ4n) is 3.08. The van der Waals surface area contributed by atoms with Gasteiger partial charge < -0.3 is 14.2 Å². The molecule has 0 unspecified atom stereocenters. The standard InChI is InChI=1S/C27H28N2O5/c1-4-5-16-33-22-13-11-21(12-14-22)27(31)34-24-15-10-20(17-25(24)32-3)18-28-29-26(30)23-9-7-6-8-19(23)2/h6-15,17-18H,4-5,16H2,1-3H3,(H,29,30)/b28-18+. The first kappa shape index (κ1) is 24.5. The van der Waals surface area contributed by atoms with E-state index < -0.39 is 5.97 Å². The number of aryl methyl sites for hydroxylation is 1. The van der Waals surface area contributed by atoms with Crippen molar-refractivity contribution in [1.82, 2.24) is 5.43 Å². The SMILES string of the molecule is CCCCOc1ccc(C(=O)Oc2ccc(/C=N/NC(=O)c3ccccc3C)cc2OC)cc1. The molecule has 3 aromatic rings. The Bertz CT molecular complexity index is 1160. The van der Waals surface area contributed by atoms with Crippen molar-refractivity contribution in [3.8, 4) is 17.2 Å². The highest BCUT2D eigenvalue weighted by molar-refractivity contribution is 5.96. The number of esters is 1. The van der Waals surface area contributed by atoms with Crippen LogP contribution in [0, 0.1) is 6.92 Å². The van der Waals surface area contributed by atoms with Crippen LogP contribution in [0.3, 0.4) is 0 Å². The van der Waals surface area contributed by atoms with E-state index in [0.29, 0.717) is 34.8 Å². The molecule has 0 fully saturated rings. The summed E-state index contributed by atoms with van der Waals surface area (Å²) >= 11 is 0. The fourth-order valence-corrected chi connectivity index (χ4v) is 3.08. The second-order valence-corrected chi connectivity index (χ2v) is 7.54. The molecule has 0 aliphatic rings. The minimum absolute atomic E-state index is 0.275. The van der Waals surface area contributed by atoms with Gasteiger partial charge in [-0.05, 0) is 73.0 Å². The van der Waals surface area contributed by atoms with Crippen molar-refractivity contribution in [2.45, 2.75) is 26.7 Å². The Morgan fingerprint density at radius 2 is 1.76 bits per heavy atom. The van der Waals surface area contributed by atoms with Gasteiger partial charge in [0.1, 0.15) is 5.75 Å². The monoisotopic (exact) mass is 460 g/mol. The average Bonchev–Trinajstić information content (AvgIpc) is 2.85. The lowest BCUT2D eigenvalue weighted by Crippen LogP contribution is -2.18. The summed E-state index contributed by atoms with van der Waals surface area (Å²) in [5.41, 5.74) is 4.99. The number of rotatable bonds is 10. The predicted octanol–water partition coefficient (Wildman–Crippen LogP) is 5.17. The Balaban J connectivity index is 1.62. The molecule has 0 spiro atoms. The summed E-state index contributed by atoms with van der Waals surface area (Å²) in [6.45, 7) is 4.60. The van der Waals surface area contributed by atoms with E-state index in [9.17, 15) is 9.59 Å². The van der Waals surface area contributed by atoms with E-state index in [2.05, 4.69) is 17.5 Å². The number of amides is 1. The van der Waals surface area contributed by atoms with E-state index in [4.69, 9.17) is 14.2 Å². The number of hydrogen-bond donors (Lipinski definition) is 1. The smallest absolute Gasteiger partial charge is 0.343 e. The van der Waals surface area contributed by atoms with Gasteiger partial charge in [0.15, 0.2) is 11.5 Å². The van der Waals surface area contributed by atoms with E-state index in [1.807, 2.05) is 19.1 Å². The third-order valence-electron chi connectivity index (χ3n) is 5.02.